The number of hydrogen-bond acceptors (Lipinski definition) is 4. The third kappa shape index (κ3) is 2.12. The van der Waals surface area contributed by atoms with Gasteiger partial charge in [0.05, 0.1) is 12.2 Å². The van der Waals surface area contributed by atoms with Crippen molar-refractivity contribution < 1.29 is 9.32 Å². The Kier molecular flexibility index (Phi) is 2.81. The molecule has 3 rings (SSSR count). The lowest BCUT2D eigenvalue weighted by Crippen LogP contribution is -2.28. The van der Waals surface area contributed by atoms with Crippen molar-refractivity contribution in [2.45, 2.75) is 32.7 Å². The van der Waals surface area contributed by atoms with Crippen LogP contribution in [0.2, 0.25) is 0 Å². The topological polar surface area (TPSA) is 65.1 Å². The second-order valence-corrected chi connectivity index (χ2v) is 4.83. The van der Waals surface area contributed by atoms with Crippen LogP contribution in [0.3, 0.4) is 0 Å². The summed E-state index contributed by atoms with van der Waals surface area (Å²) in [6, 6.07) is 4.89. The number of Topliss-reactive ketones (excluding diaryl/α,β-unsaturated/α-hetero) is 1. The highest BCUT2D eigenvalue weighted by atomic mass is 16.5. The smallest absolute Gasteiger partial charge is 0.251 e. The predicted molar refractivity (Wildman–Crippen MR) is 68.3 cm³/mol. The Morgan fingerprint density at radius 3 is 2.89 bits per heavy atom. The Labute approximate surface area is 109 Å². The number of aryl methyl sites for hydroxylation is 1. The van der Waals surface area contributed by atoms with Gasteiger partial charge in [-0.2, -0.15) is 0 Å². The normalized spacial score (nSPS) is 14.5. The van der Waals surface area contributed by atoms with Gasteiger partial charge in [-0.25, -0.2) is 0 Å². The van der Waals surface area contributed by atoms with Crippen molar-refractivity contribution in [1.82, 2.24) is 9.72 Å². The molecule has 0 aromatic carbocycles. The molecule has 19 heavy (non-hydrogen) atoms. The number of aromatic nitrogens is 2. The average Bonchev–Trinajstić information content (AvgIpc) is 2.79. The quantitative estimate of drug-likeness (QED) is 0.822. The Balaban J connectivity index is 2.07. The van der Waals surface area contributed by atoms with E-state index in [4.69, 9.17) is 4.52 Å². The Morgan fingerprint density at radius 2 is 2.16 bits per heavy atom. The number of fused-ring (bicyclic) bond motifs is 1. The molecule has 0 amide bonds. The summed E-state index contributed by atoms with van der Waals surface area (Å²) in [6.45, 7) is 2.16. The van der Waals surface area contributed by atoms with Gasteiger partial charge in [-0.15, -0.1) is 0 Å². The van der Waals surface area contributed by atoms with Gasteiger partial charge in [-0.3, -0.25) is 9.59 Å². The number of ketones is 1. The van der Waals surface area contributed by atoms with Crippen LogP contribution in [0.1, 0.15) is 40.3 Å². The van der Waals surface area contributed by atoms with Crippen LogP contribution >= 0.6 is 0 Å². The molecule has 0 unspecified atom stereocenters. The van der Waals surface area contributed by atoms with Gasteiger partial charge in [0, 0.05) is 29.8 Å². The van der Waals surface area contributed by atoms with E-state index >= 15 is 0 Å². The summed E-state index contributed by atoms with van der Waals surface area (Å²) in [4.78, 5) is 23.9. The Hall–Kier alpha value is -2.17. The first-order valence-corrected chi connectivity index (χ1v) is 6.33. The summed E-state index contributed by atoms with van der Waals surface area (Å²) in [6.07, 6.45) is 2.11. The first kappa shape index (κ1) is 11.9. The summed E-state index contributed by atoms with van der Waals surface area (Å²) < 4.78 is 6.76. The van der Waals surface area contributed by atoms with Gasteiger partial charge >= 0.3 is 0 Å². The standard InChI is InChI=1S/C14H14N2O3/c1-9-7-10(19-15-9)8-16-12-3-2-4-13(17)11(12)5-6-14(16)18/h5-7H,2-4,8H2,1H3. The number of pyridine rings is 1. The van der Waals surface area contributed by atoms with Crippen LogP contribution in [0.4, 0.5) is 0 Å². The first-order chi connectivity index (χ1) is 9.15. The van der Waals surface area contributed by atoms with Gasteiger partial charge in [0.2, 0.25) is 0 Å². The maximum absolute atomic E-state index is 12.0. The zero-order valence-corrected chi connectivity index (χ0v) is 10.7. The SMILES string of the molecule is Cc1cc(Cn2c3c(ccc2=O)C(=O)CCC3)on1. The van der Waals surface area contributed by atoms with Gasteiger partial charge in [0.1, 0.15) is 0 Å². The second-order valence-electron chi connectivity index (χ2n) is 4.83. The van der Waals surface area contributed by atoms with E-state index in [1.165, 1.54) is 6.07 Å². The minimum absolute atomic E-state index is 0.109. The molecular formula is C14H14N2O3. The van der Waals surface area contributed by atoms with Crippen molar-refractivity contribution in [3.8, 4) is 0 Å². The van der Waals surface area contributed by atoms with Crippen molar-refractivity contribution in [1.29, 1.82) is 0 Å². The van der Waals surface area contributed by atoms with E-state index < -0.39 is 0 Å². The first-order valence-electron chi connectivity index (χ1n) is 6.33. The summed E-state index contributed by atoms with van der Waals surface area (Å²) in [5, 5.41) is 3.81. The molecule has 5 heteroatoms. The fourth-order valence-corrected chi connectivity index (χ4v) is 2.51. The molecule has 0 bridgehead atoms. The zero-order valence-electron chi connectivity index (χ0n) is 10.7. The third-order valence-electron chi connectivity index (χ3n) is 3.40. The monoisotopic (exact) mass is 258 g/mol. The Morgan fingerprint density at radius 1 is 1.32 bits per heavy atom. The van der Waals surface area contributed by atoms with E-state index in [1.54, 1.807) is 16.7 Å². The average molecular weight is 258 g/mol. The maximum atomic E-state index is 12.0. The fraction of sp³-hybridized carbons (Fsp3) is 0.357. The minimum Gasteiger partial charge on any atom is -0.359 e. The molecule has 5 nitrogen and oxygen atoms in total. The molecule has 0 N–H and O–H groups in total. The number of carbonyl (C=O) groups is 1. The lowest BCUT2D eigenvalue weighted by molar-refractivity contribution is 0.0970. The van der Waals surface area contributed by atoms with Gasteiger partial charge < -0.3 is 9.09 Å². The molecule has 0 spiro atoms. The van der Waals surface area contributed by atoms with Crippen LogP contribution in [0, 0.1) is 6.92 Å². The van der Waals surface area contributed by atoms with Crippen LogP contribution in [-0.2, 0) is 13.0 Å². The van der Waals surface area contributed by atoms with Crippen molar-refractivity contribution in [2.75, 3.05) is 0 Å². The van der Waals surface area contributed by atoms with Crippen LogP contribution in [-0.4, -0.2) is 15.5 Å². The number of carbonyl (C=O) groups excluding carboxylic acids is 1. The van der Waals surface area contributed by atoms with E-state index in [9.17, 15) is 9.59 Å². The van der Waals surface area contributed by atoms with Crippen molar-refractivity contribution in [3.63, 3.8) is 0 Å². The van der Waals surface area contributed by atoms with E-state index in [2.05, 4.69) is 5.16 Å². The zero-order chi connectivity index (χ0) is 13.4. The lowest BCUT2D eigenvalue weighted by Gasteiger charge is -2.19. The van der Waals surface area contributed by atoms with Crippen molar-refractivity contribution >= 4 is 5.78 Å². The van der Waals surface area contributed by atoms with E-state index in [-0.39, 0.29) is 11.3 Å². The van der Waals surface area contributed by atoms with Crippen LogP contribution in [0.5, 0.6) is 0 Å². The molecular weight excluding hydrogens is 244 g/mol. The minimum atomic E-state index is -0.109. The van der Waals surface area contributed by atoms with Gasteiger partial charge in [-0.05, 0) is 25.8 Å². The van der Waals surface area contributed by atoms with Gasteiger partial charge in [-0.1, -0.05) is 5.16 Å². The number of rotatable bonds is 2. The molecule has 1 aliphatic carbocycles. The highest BCUT2D eigenvalue weighted by molar-refractivity contribution is 5.97. The molecule has 0 saturated carbocycles. The van der Waals surface area contributed by atoms with Crippen molar-refractivity contribution in [2.24, 2.45) is 0 Å². The summed E-state index contributed by atoms with van der Waals surface area (Å²) in [7, 11) is 0. The fourth-order valence-electron chi connectivity index (χ4n) is 2.51. The molecule has 0 saturated heterocycles. The number of hydrogen-bond donors (Lipinski definition) is 0. The lowest BCUT2D eigenvalue weighted by atomic mass is 9.94. The van der Waals surface area contributed by atoms with Crippen LogP contribution in [0.25, 0.3) is 0 Å². The molecule has 2 aromatic heterocycles. The molecule has 2 aromatic rings. The molecule has 0 atom stereocenters. The molecule has 0 radical (unpaired) electrons. The molecule has 2 heterocycles. The highest BCUT2D eigenvalue weighted by Crippen LogP contribution is 2.20. The van der Waals surface area contributed by atoms with Crippen molar-refractivity contribution in [3.05, 3.63) is 51.3 Å². The highest BCUT2D eigenvalue weighted by Gasteiger charge is 2.21. The van der Waals surface area contributed by atoms with E-state index in [0.29, 0.717) is 24.3 Å². The summed E-state index contributed by atoms with van der Waals surface area (Å²) in [5.41, 5.74) is 2.16. The van der Waals surface area contributed by atoms with E-state index in [0.717, 1.165) is 24.2 Å². The van der Waals surface area contributed by atoms with Gasteiger partial charge in [0.15, 0.2) is 11.5 Å². The van der Waals surface area contributed by atoms with Crippen LogP contribution in [0.15, 0.2) is 27.5 Å². The Bertz CT molecular complexity index is 697. The van der Waals surface area contributed by atoms with Gasteiger partial charge in [0.25, 0.3) is 5.56 Å². The molecule has 1 aliphatic rings. The number of nitrogens with zero attached hydrogens (tertiary/aromatic N) is 2. The largest absolute Gasteiger partial charge is 0.359 e. The summed E-state index contributed by atoms with van der Waals surface area (Å²) >= 11 is 0. The molecule has 98 valence electrons. The predicted octanol–water partition coefficient (Wildman–Crippen LogP) is 1.71. The summed E-state index contributed by atoms with van der Waals surface area (Å²) in [5.74, 6) is 0.745. The molecule has 0 fully saturated rings. The second kappa shape index (κ2) is 4.50. The molecule has 0 aliphatic heterocycles. The third-order valence-corrected chi connectivity index (χ3v) is 3.40. The van der Waals surface area contributed by atoms with Crippen LogP contribution < -0.4 is 5.56 Å². The maximum Gasteiger partial charge on any atom is 0.251 e. The van der Waals surface area contributed by atoms with E-state index in [1.807, 2.05) is 6.92 Å².